The number of halogens is 1. The van der Waals surface area contributed by atoms with Gasteiger partial charge < -0.3 is 20.1 Å². The average molecular weight is 366 g/mol. The summed E-state index contributed by atoms with van der Waals surface area (Å²) in [6.45, 7) is 7.04. The van der Waals surface area contributed by atoms with Crippen LogP contribution >= 0.6 is 0 Å². The zero-order valence-electron chi connectivity index (χ0n) is 15.6. The smallest absolute Gasteiger partial charge is 0.223 e. The minimum absolute atomic E-state index is 0.0106. The predicted molar refractivity (Wildman–Crippen MR) is 95.0 cm³/mol. The predicted octanol–water partition coefficient (Wildman–Crippen LogP) is 2.11. The maximum Gasteiger partial charge on any atom is 0.223 e. The number of nitrogens with zero attached hydrogens (tertiary/aromatic N) is 1. The molecule has 0 aliphatic carbocycles. The van der Waals surface area contributed by atoms with Gasteiger partial charge in [-0.15, -0.1) is 0 Å². The zero-order chi connectivity index (χ0) is 19.4. The maximum atomic E-state index is 13.0. The van der Waals surface area contributed by atoms with Gasteiger partial charge in [-0.1, -0.05) is 20.8 Å². The van der Waals surface area contributed by atoms with Crippen molar-refractivity contribution in [2.75, 3.05) is 26.3 Å². The summed E-state index contributed by atoms with van der Waals surface area (Å²) in [6.07, 6.45) is 0.339. The van der Waals surface area contributed by atoms with E-state index in [9.17, 15) is 14.0 Å². The highest BCUT2D eigenvalue weighted by Gasteiger charge is 2.41. The largest absolute Gasteiger partial charge is 0.490 e. The Hall–Kier alpha value is -2.15. The van der Waals surface area contributed by atoms with E-state index in [-0.39, 0.29) is 36.7 Å². The van der Waals surface area contributed by atoms with Crippen LogP contribution in [0.5, 0.6) is 5.75 Å². The van der Waals surface area contributed by atoms with Crippen LogP contribution in [0, 0.1) is 11.2 Å². The summed E-state index contributed by atoms with van der Waals surface area (Å²) in [5.41, 5.74) is 4.25. The first kappa shape index (κ1) is 20.2. The first-order valence-electron chi connectivity index (χ1n) is 8.67. The molecule has 7 heteroatoms. The summed E-state index contributed by atoms with van der Waals surface area (Å²) < 4.78 is 24.6. The van der Waals surface area contributed by atoms with Gasteiger partial charge in [0.2, 0.25) is 11.8 Å². The normalized spacial score (nSPS) is 20.7. The Morgan fingerprint density at radius 2 is 1.96 bits per heavy atom. The second kappa shape index (κ2) is 8.03. The van der Waals surface area contributed by atoms with Crippen molar-refractivity contribution in [1.29, 1.82) is 0 Å². The highest BCUT2D eigenvalue weighted by atomic mass is 19.1. The summed E-state index contributed by atoms with van der Waals surface area (Å²) in [6, 6.07) is 5.57. The Morgan fingerprint density at radius 3 is 2.54 bits per heavy atom. The van der Waals surface area contributed by atoms with Crippen molar-refractivity contribution in [3.05, 3.63) is 30.1 Å². The topological polar surface area (TPSA) is 81.9 Å². The summed E-state index contributed by atoms with van der Waals surface area (Å²) in [4.78, 5) is 25.8. The van der Waals surface area contributed by atoms with Gasteiger partial charge in [-0.05, 0) is 29.7 Å². The van der Waals surface area contributed by atoms with E-state index in [4.69, 9.17) is 15.2 Å². The number of nitrogens with two attached hydrogens (primary N) is 1. The average Bonchev–Trinajstić information content (AvgIpc) is 2.52. The van der Waals surface area contributed by atoms with Crippen LogP contribution in [0.3, 0.4) is 0 Å². The van der Waals surface area contributed by atoms with Gasteiger partial charge in [0, 0.05) is 13.0 Å². The number of primary amides is 1. The van der Waals surface area contributed by atoms with Gasteiger partial charge >= 0.3 is 0 Å². The molecule has 2 amide bonds. The Labute approximate surface area is 153 Å². The molecular formula is C19H27FN2O4. The molecule has 1 aromatic carbocycles. The summed E-state index contributed by atoms with van der Waals surface area (Å²) in [5, 5.41) is 0. The molecule has 0 radical (unpaired) electrons. The number of amides is 2. The molecule has 0 aromatic heterocycles. The van der Waals surface area contributed by atoms with Crippen LogP contribution in [0.2, 0.25) is 0 Å². The summed E-state index contributed by atoms with van der Waals surface area (Å²) in [5.74, 6) is -0.427. The fraction of sp³-hybridized carbons (Fsp3) is 0.579. The van der Waals surface area contributed by atoms with Crippen LogP contribution in [0.25, 0.3) is 0 Å². The van der Waals surface area contributed by atoms with Gasteiger partial charge in [-0.3, -0.25) is 9.59 Å². The molecule has 1 aliphatic rings. The van der Waals surface area contributed by atoms with E-state index in [1.54, 1.807) is 4.90 Å². The lowest BCUT2D eigenvalue weighted by Gasteiger charge is -2.42. The highest BCUT2D eigenvalue weighted by molar-refractivity contribution is 5.78. The van der Waals surface area contributed by atoms with E-state index < -0.39 is 11.5 Å². The SMILES string of the molecule is CC(C)(C)CC(=O)N1CCOC(COc2ccc(F)cc2)(CC(N)=O)C1. The summed E-state index contributed by atoms with van der Waals surface area (Å²) in [7, 11) is 0. The first-order chi connectivity index (χ1) is 12.1. The number of benzene rings is 1. The molecule has 1 fully saturated rings. The number of hydrogen-bond donors (Lipinski definition) is 1. The molecule has 2 rings (SSSR count). The molecule has 1 unspecified atom stereocenters. The lowest BCUT2D eigenvalue weighted by molar-refractivity contribution is -0.162. The number of carbonyl (C=O) groups is 2. The molecule has 1 heterocycles. The van der Waals surface area contributed by atoms with Crippen LogP contribution in [-0.2, 0) is 14.3 Å². The fourth-order valence-electron chi connectivity index (χ4n) is 2.93. The lowest BCUT2D eigenvalue weighted by atomic mass is 9.90. The second-order valence-corrected chi connectivity index (χ2v) is 7.97. The Bertz CT molecular complexity index is 642. The van der Waals surface area contributed by atoms with E-state index in [0.29, 0.717) is 25.3 Å². The molecular weight excluding hydrogens is 339 g/mol. The van der Waals surface area contributed by atoms with Gasteiger partial charge in [0.25, 0.3) is 0 Å². The highest BCUT2D eigenvalue weighted by Crippen LogP contribution is 2.27. The molecule has 1 atom stereocenters. The van der Waals surface area contributed by atoms with Gasteiger partial charge in [-0.2, -0.15) is 0 Å². The number of morpholine rings is 1. The van der Waals surface area contributed by atoms with Crippen molar-refractivity contribution in [2.45, 2.75) is 39.2 Å². The molecule has 2 N–H and O–H groups in total. The van der Waals surface area contributed by atoms with Crippen LogP contribution in [-0.4, -0.2) is 48.6 Å². The Morgan fingerprint density at radius 1 is 1.31 bits per heavy atom. The van der Waals surface area contributed by atoms with Crippen molar-refractivity contribution >= 4 is 11.8 Å². The number of rotatable bonds is 6. The first-order valence-corrected chi connectivity index (χ1v) is 8.67. The van der Waals surface area contributed by atoms with E-state index in [2.05, 4.69) is 0 Å². The minimum atomic E-state index is -1.01. The Kier molecular flexibility index (Phi) is 6.23. The number of ether oxygens (including phenoxy) is 2. The molecule has 26 heavy (non-hydrogen) atoms. The third-order valence-corrected chi connectivity index (χ3v) is 4.09. The lowest BCUT2D eigenvalue weighted by Crippen LogP contribution is -2.58. The van der Waals surface area contributed by atoms with Crippen LogP contribution < -0.4 is 10.5 Å². The van der Waals surface area contributed by atoms with E-state index >= 15 is 0 Å². The van der Waals surface area contributed by atoms with Crippen LogP contribution in [0.1, 0.15) is 33.6 Å². The van der Waals surface area contributed by atoms with Crippen LogP contribution in [0.4, 0.5) is 4.39 Å². The monoisotopic (exact) mass is 366 g/mol. The van der Waals surface area contributed by atoms with Gasteiger partial charge in [0.1, 0.15) is 23.8 Å². The van der Waals surface area contributed by atoms with Crippen molar-refractivity contribution in [1.82, 2.24) is 4.90 Å². The summed E-state index contributed by atoms with van der Waals surface area (Å²) >= 11 is 0. The molecule has 1 aromatic rings. The van der Waals surface area contributed by atoms with E-state index in [0.717, 1.165) is 0 Å². The van der Waals surface area contributed by atoms with Gasteiger partial charge in [0.15, 0.2) is 0 Å². The molecule has 0 bridgehead atoms. The van der Waals surface area contributed by atoms with Crippen LogP contribution in [0.15, 0.2) is 24.3 Å². The molecule has 144 valence electrons. The molecule has 6 nitrogen and oxygen atoms in total. The third kappa shape index (κ3) is 5.98. The molecule has 1 saturated heterocycles. The molecule has 0 spiro atoms. The van der Waals surface area contributed by atoms with Gasteiger partial charge in [0.05, 0.1) is 19.6 Å². The standard InChI is InChI=1S/C19H27FN2O4/c1-18(2,3)11-17(24)22-8-9-26-19(12-22,10-16(21)23)13-25-15-6-4-14(20)5-7-15/h4-7H,8-13H2,1-3H3,(H2,21,23). The maximum absolute atomic E-state index is 13.0. The van der Waals surface area contributed by atoms with Crippen molar-refractivity contribution < 1.29 is 23.5 Å². The molecule has 1 aliphatic heterocycles. The van der Waals surface area contributed by atoms with Crippen molar-refractivity contribution in [2.24, 2.45) is 11.1 Å². The zero-order valence-corrected chi connectivity index (χ0v) is 15.6. The van der Waals surface area contributed by atoms with Crippen molar-refractivity contribution in [3.63, 3.8) is 0 Å². The third-order valence-electron chi connectivity index (χ3n) is 4.09. The quantitative estimate of drug-likeness (QED) is 0.836. The fourth-order valence-corrected chi connectivity index (χ4v) is 2.93. The van der Waals surface area contributed by atoms with E-state index in [1.807, 2.05) is 20.8 Å². The minimum Gasteiger partial charge on any atom is -0.490 e. The van der Waals surface area contributed by atoms with Crippen molar-refractivity contribution in [3.8, 4) is 5.75 Å². The second-order valence-electron chi connectivity index (χ2n) is 7.97. The Balaban J connectivity index is 2.10. The van der Waals surface area contributed by atoms with Gasteiger partial charge in [-0.25, -0.2) is 4.39 Å². The number of carbonyl (C=O) groups excluding carboxylic acids is 2. The number of hydrogen-bond acceptors (Lipinski definition) is 4. The molecule has 0 saturated carbocycles. The van der Waals surface area contributed by atoms with E-state index in [1.165, 1.54) is 24.3 Å².